The molecular weight excluding hydrogens is 212 g/mol. The van der Waals surface area contributed by atoms with Crippen molar-refractivity contribution in [3.63, 3.8) is 0 Å². The average molecular weight is 232 g/mol. The van der Waals surface area contributed by atoms with Crippen LogP contribution in [-0.4, -0.2) is 49.2 Å². The topological polar surface area (TPSA) is 31.0 Å². The fourth-order valence-electron chi connectivity index (χ4n) is 2.04. The van der Waals surface area contributed by atoms with E-state index in [1.807, 2.05) is 0 Å². The van der Waals surface area contributed by atoms with E-state index in [4.69, 9.17) is 13.9 Å². The van der Waals surface area contributed by atoms with E-state index in [0.29, 0.717) is 11.8 Å². The summed E-state index contributed by atoms with van der Waals surface area (Å²) >= 11 is 0. The molecule has 14 heavy (non-hydrogen) atoms. The van der Waals surface area contributed by atoms with Crippen LogP contribution in [-0.2, 0) is 13.9 Å². The zero-order valence-electron chi connectivity index (χ0n) is 8.91. The van der Waals surface area contributed by atoms with Crippen molar-refractivity contribution < 1.29 is 13.9 Å². The average Bonchev–Trinajstić information content (AvgIpc) is 3.04. The van der Waals surface area contributed by atoms with Gasteiger partial charge in [-0.15, -0.1) is 0 Å². The molecule has 5 heteroatoms. The van der Waals surface area contributed by atoms with Crippen molar-refractivity contribution >= 4 is 17.6 Å². The third-order valence-electron chi connectivity index (χ3n) is 3.02. The Morgan fingerprint density at radius 1 is 1.64 bits per heavy atom. The standard InChI is InChI=1S/C9H20O3Si2/c1-2-9(11-7-8-6-10-8)14-5-3-4-12-13-14/h8-9,14H,2-7,13H2,1H3. The van der Waals surface area contributed by atoms with Crippen LogP contribution in [0.4, 0.5) is 0 Å². The van der Waals surface area contributed by atoms with Gasteiger partial charge in [0.1, 0.15) is 15.4 Å². The Morgan fingerprint density at radius 2 is 2.50 bits per heavy atom. The summed E-state index contributed by atoms with van der Waals surface area (Å²) in [6, 6.07) is 1.45. The van der Waals surface area contributed by atoms with Crippen LogP contribution in [0.3, 0.4) is 0 Å². The number of epoxide rings is 1. The highest BCUT2D eigenvalue weighted by molar-refractivity contribution is 7.10. The number of rotatable bonds is 5. The molecule has 0 saturated carbocycles. The summed E-state index contributed by atoms with van der Waals surface area (Å²) in [5.74, 6) is 0. The molecule has 0 bridgehead atoms. The third kappa shape index (κ3) is 3.17. The summed E-state index contributed by atoms with van der Waals surface area (Å²) in [4.78, 5) is 0. The van der Waals surface area contributed by atoms with E-state index in [9.17, 15) is 0 Å². The lowest BCUT2D eigenvalue weighted by atomic mass is 10.5. The zero-order chi connectivity index (χ0) is 9.80. The minimum atomic E-state index is -0.633. The summed E-state index contributed by atoms with van der Waals surface area (Å²) < 4.78 is 16.8. The molecule has 2 aliphatic heterocycles. The van der Waals surface area contributed by atoms with Gasteiger partial charge in [-0.25, -0.2) is 0 Å². The smallest absolute Gasteiger partial charge is 0.150 e. The Morgan fingerprint density at radius 3 is 3.07 bits per heavy atom. The fraction of sp³-hybridized carbons (Fsp3) is 1.00. The number of ether oxygens (including phenoxy) is 2. The first kappa shape index (κ1) is 10.8. The second-order valence-corrected chi connectivity index (χ2v) is 11.9. The summed E-state index contributed by atoms with van der Waals surface area (Å²) in [5, 5.41) is 0. The first-order chi connectivity index (χ1) is 6.90. The van der Waals surface area contributed by atoms with Crippen molar-refractivity contribution in [2.24, 2.45) is 0 Å². The molecule has 0 aromatic heterocycles. The molecule has 0 aromatic carbocycles. The second kappa shape index (κ2) is 5.41. The van der Waals surface area contributed by atoms with Crippen LogP contribution >= 0.6 is 0 Å². The highest BCUT2D eigenvalue weighted by atomic mass is 29.2. The van der Waals surface area contributed by atoms with Gasteiger partial charge in [0.15, 0.2) is 0 Å². The maximum absolute atomic E-state index is 5.95. The van der Waals surface area contributed by atoms with Gasteiger partial charge in [-0.3, -0.25) is 0 Å². The molecule has 0 amide bonds. The van der Waals surface area contributed by atoms with Crippen molar-refractivity contribution in [3.8, 4) is 0 Å². The molecule has 0 N–H and O–H groups in total. The number of hydrogen-bond donors (Lipinski definition) is 0. The van der Waals surface area contributed by atoms with Crippen LogP contribution in [0.1, 0.15) is 19.8 Å². The molecule has 3 unspecified atom stereocenters. The van der Waals surface area contributed by atoms with Crippen LogP contribution in [0.2, 0.25) is 6.04 Å². The normalized spacial score (nSPS) is 35.8. The Hall–Kier alpha value is 0.314. The molecule has 82 valence electrons. The lowest BCUT2D eigenvalue weighted by Gasteiger charge is -2.27. The SMILES string of the molecule is CCC(OCC1CO1)[SiH]1CCCO[SiH2]1. The van der Waals surface area contributed by atoms with Gasteiger partial charge >= 0.3 is 0 Å². The third-order valence-corrected chi connectivity index (χ3v) is 11.6. The lowest BCUT2D eigenvalue weighted by molar-refractivity contribution is 0.0853. The van der Waals surface area contributed by atoms with Crippen LogP contribution < -0.4 is 0 Å². The van der Waals surface area contributed by atoms with Crippen LogP contribution in [0.15, 0.2) is 0 Å². The molecule has 0 aliphatic carbocycles. The highest BCUT2D eigenvalue weighted by Crippen LogP contribution is 2.16. The van der Waals surface area contributed by atoms with E-state index < -0.39 is 8.31 Å². The molecular formula is C9H20O3Si2. The predicted octanol–water partition coefficient (Wildman–Crippen LogP) is -0.0525. The Kier molecular flexibility index (Phi) is 4.18. The van der Waals surface area contributed by atoms with Crippen molar-refractivity contribution in [2.75, 3.05) is 19.8 Å². The Labute approximate surface area is 89.5 Å². The zero-order valence-corrected chi connectivity index (χ0v) is 11.5. The summed E-state index contributed by atoms with van der Waals surface area (Å²) in [7, 11) is -0.821. The summed E-state index contributed by atoms with van der Waals surface area (Å²) in [6.45, 7) is 5.01. The van der Waals surface area contributed by atoms with Gasteiger partial charge in [0.2, 0.25) is 0 Å². The molecule has 2 saturated heterocycles. The van der Waals surface area contributed by atoms with Gasteiger partial charge in [-0.1, -0.05) is 13.0 Å². The van der Waals surface area contributed by atoms with Crippen molar-refractivity contribution in [1.82, 2.24) is 0 Å². The number of hydrogen-bond acceptors (Lipinski definition) is 3. The van der Waals surface area contributed by atoms with Crippen molar-refractivity contribution in [3.05, 3.63) is 0 Å². The van der Waals surface area contributed by atoms with Gasteiger partial charge in [0.25, 0.3) is 0 Å². The van der Waals surface area contributed by atoms with Crippen LogP contribution in [0, 0.1) is 0 Å². The molecule has 2 heterocycles. The minimum absolute atomic E-state index is 0.187. The Balaban J connectivity index is 1.71. The molecule has 0 spiro atoms. The molecule has 0 aromatic rings. The quantitative estimate of drug-likeness (QED) is 0.492. The maximum Gasteiger partial charge on any atom is 0.150 e. The maximum atomic E-state index is 5.95. The largest absolute Gasteiger partial charge is 0.427 e. The molecule has 2 fully saturated rings. The van der Waals surface area contributed by atoms with Crippen LogP contribution in [0.5, 0.6) is 0 Å². The van der Waals surface area contributed by atoms with Gasteiger partial charge in [0, 0.05) is 12.3 Å². The Bertz CT molecular complexity index is 169. The van der Waals surface area contributed by atoms with Gasteiger partial charge in [-0.05, 0) is 12.8 Å². The van der Waals surface area contributed by atoms with Crippen molar-refractivity contribution in [1.29, 1.82) is 0 Å². The molecule has 3 nitrogen and oxygen atoms in total. The van der Waals surface area contributed by atoms with Gasteiger partial charge in [0.05, 0.1) is 21.5 Å². The van der Waals surface area contributed by atoms with E-state index >= 15 is 0 Å². The molecule has 2 aliphatic rings. The van der Waals surface area contributed by atoms with Gasteiger partial charge in [-0.2, -0.15) is 0 Å². The fourth-order valence-corrected chi connectivity index (χ4v) is 10.0. The first-order valence-electron chi connectivity index (χ1n) is 5.71. The minimum Gasteiger partial charge on any atom is -0.427 e. The van der Waals surface area contributed by atoms with E-state index in [1.54, 1.807) is 0 Å². The monoisotopic (exact) mass is 232 g/mol. The van der Waals surface area contributed by atoms with E-state index in [-0.39, 0.29) is 9.28 Å². The van der Waals surface area contributed by atoms with E-state index in [1.165, 1.54) is 18.9 Å². The second-order valence-electron chi connectivity index (χ2n) is 4.21. The lowest BCUT2D eigenvalue weighted by Crippen LogP contribution is -2.43. The highest BCUT2D eigenvalue weighted by Gasteiger charge is 2.29. The van der Waals surface area contributed by atoms with E-state index in [2.05, 4.69) is 6.92 Å². The van der Waals surface area contributed by atoms with Crippen LogP contribution in [0.25, 0.3) is 0 Å². The first-order valence-corrected chi connectivity index (χ1v) is 11.0. The molecule has 3 atom stereocenters. The van der Waals surface area contributed by atoms with Crippen molar-refractivity contribution in [2.45, 2.75) is 37.6 Å². The molecule has 0 radical (unpaired) electrons. The summed E-state index contributed by atoms with van der Waals surface area (Å²) in [5.41, 5.74) is 0.575. The van der Waals surface area contributed by atoms with E-state index in [0.717, 1.165) is 19.8 Å². The van der Waals surface area contributed by atoms with Gasteiger partial charge < -0.3 is 13.9 Å². The summed E-state index contributed by atoms with van der Waals surface area (Å²) in [6.07, 6.45) is 2.88. The predicted molar refractivity (Wildman–Crippen MR) is 60.8 cm³/mol. The molecule has 2 rings (SSSR count).